The van der Waals surface area contributed by atoms with E-state index in [1.54, 1.807) is 19.1 Å². The van der Waals surface area contributed by atoms with E-state index >= 15 is 0 Å². The highest BCUT2D eigenvalue weighted by molar-refractivity contribution is 5.94. The Morgan fingerprint density at radius 1 is 1.18 bits per heavy atom. The van der Waals surface area contributed by atoms with Crippen molar-refractivity contribution < 1.29 is 9.18 Å². The highest BCUT2D eigenvalue weighted by Gasteiger charge is 2.29. The van der Waals surface area contributed by atoms with Gasteiger partial charge >= 0.3 is 0 Å². The quantitative estimate of drug-likeness (QED) is 0.374. The largest absolute Gasteiger partial charge is 0.373 e. The zero-order valence-electron chi connectivity index (χ0n) is 18.7. The fourth-order valence-corrected chi connectivity index (χ4v) is 4.04. The van der Waals surface area contributed by atoms with Crippen LogP contribution in [0.2, 0.25) is 0 Å². The van der Waals surface area contributed by atoms with E-state index in [1.165, 1.54) is 6.07 Å². The first-order valence-electron chi connectivity index (χ1n) is 11.2. The molecule has 1 atom stereocenters. The van der Waals surface area contributed by atoms with Crippen LogP contribution in [-0.2, 0) is 6.42 Å². The van der Waals surface area contributed by atoms with Crippen molar-refractivity contribution in [1.29, 1.82) is 0 Å². The van der Waals surface area contributed by atoms with E-state index in [2.05, 4.69) is 26.7 Å². The molecule has 4 aromatic rings. The fraction of sp³-hybridized carbons (Fsp3) is 0.269. The number of fused-ring (bicyclic) bond motifs is 1. The van der Waals surface area contributed by atoms with Gasteiger partial charge in [-0.05, 0) is 49.1 Å². The summed E-state index contributed by atoms with van der Waals surface area (Å²) in [6.45, 7) is 1.68. The van der Waals surface area contributed by atoms with Gasteiger partial charge in [-0.3, -0.25) is 4.79 Å². The maximum atomic E-state index is 14.1. The summed E-state index contributed by atoms with van der Waals surface area (Å²) < 4.78 is 14.1. The summed E-state index contributed by atoms with van der Waals surface area (Å²) in [5, 5.41) is 7.31. The van der Waals surface area contributed by atoms with E-state index < -0.39 is 11.9 Å². The predicted molar refractivity (Wildman–Crippen MR) is 127 cm³/mol. The molecule has 0 bridgehead atoms. The molecule has 2 heterocycles. The van der Waals surface area contributed by atoms with E-state index in [0.717, 1.165) is 46.6 Å². The average Bonchev–Trinajstić information content (AvgIpc) is 3.61. The minimum Gasteiger partial charge on any atom is -0.373 e. The zero-order valence-corrected chi connectivity index (χ0v) is 18.7. The lowest BCUT2D eigenvalue weighted by Crippen LogP contribution is -2.31. The smallest absolute Gasteiger partial charge is 0.251 e. The Morgan fingerprint density at radius 2 is 2.00 bits per heavy atom. The number of hydrogen-bond donors (Lipinski definition) is 3. The third-order valence-electron chi connectivity index (χ3n) is 6.16. The number of aromatic nitrogens is 3. The van der Waals surface area contributed by atoms with Crippen molar-refractivity contribution in [3.8, 4) is 0 Å². The fourth-order valence-electron chi connectivity index (χ4n) is 4.04. The number of halogens is 1. The first-order valence-corrected chi connectivity index (χ1v) is 11.2. The van der Waals surface area contributed by atoms with Crippen molar-refractivity contribution in [2.24, 2.45) is 0 Å². The molecule has 5 rings (SSSR count). The van der Waals surface area contributed by atoms with Gasteiger partial charge in [-0.25, -0.2) is 14.4 Å². The number of nitrogens with zero attached hydrogens (tertiary/aromatic N) is 2. The number of carbonyl (C=O) groups is 1. The van der Waals surface area contributed by atoms with Crippen LogP contribution in [0.15, 0.2) is 54.7 Å². The SMILES string of the molecule is CNc1cc([C@@H](Cc2c[nH]c3ccccc23)NC(=O)c2ccc(C)c(F)c2)nc(C2CC2)n1. The predicted octanol–water partition coefficient (Wildman–Crippen LogP) is 5.04. The van der Waals surface area contributed by atoms with Gasteiger partial charge in [-0.15, -0.1) is 0 Å². The van der Waals surface area contributed by atoms with Gasteiger partial charge < -0.3 is 15.6 Å². The number of aromatic amines is 1. The maximum Gasteiger partial charge on any atom is 0.251 e. The first-order chi connectivity index (χ1) is 16.0. The second-order valence-corrected chi connectivity index (χ2v) is 8.61. The number of amides is 1. The van der Waals surface area contributed by atoms with Crippen molar-refractivity contribution in [2.75, 3.05) is 12.4 Å². The Balaban J connectivity index is 1.52. The minimum absolute atomic E-state index is 0.285. The molecule has 0 radical (unpaired) electrons. The molecule has 1 amide bonds. The minimum atomic E-state index is -0.409. The summed E-state index contributed by atoms with van der Waals surface area (Å²) in [6, 6.07) is 14.1. The van der Waals surface area contributed by atoms with Crippen LogP contribution in [-0.4, -0.2) is 27.9 Å². The lowest BCUT2D eigenvalue weighted by atomic mass is 10.0. The van der Waals surface area contributed by atoms with Gasteiger partial charge in [-0.1, -0.05) is 24.3 Å². The molecule has 168 valence electrons. The van der Waals surface area contributed by atoms with Crippen LogP contribution in [0, 0.1) is 12.7 Å². The van der Waals surface area contributed by atoms with E-state index in [4.69, 9.17) is 4.98 Å². The monoisotopic (exact) mass is 443 g/mol. The number of nitrogens with one attached hydrogen (secondary N) is 3. The molecule has 3 N–H and O–H groups in total. The molecular weight excluding hydrogens is 417 g/mol. The van der Waals surface area contributed by atoms with Gasteiger partial charge in [0.05, 0.1) is 11.7 Å². The summed E-state index contributed by atoms with van der Waals surface area (Å²) in [4.78, 5) is 25.9. The molecule has 2 aromatic heterocycles. The Bertz CT molecular complexity index is 1330. The molecule has 0 saturated heterocycles. The van der Waals surface area contributed by atoms with E-state index in [1.807, 2.05) is 37.5 Å². The van der Waals surface area contributed by atoms with Crippen LogP contribution < -0.4 is 10.6 Å². The van der Waals surface area contributed by atoms with Gasteiger partial charge in [0.25, 0.3) is 5.91 Å². The Morgan fingerprint density at radius 3 is 2.76 bits per heavy atom. The van der Waals surface area contributed by atoms with Crippen LogP contribution in [0.25, 0.3) is 10.9 Å². The second-order valence-electron chi connectivity index (χ2n) is 8.61. The normalized spacial score (nSPS) is 14.3. The molecule has 6 nitrogen and oxygen atoms in total. The summed E-state index contributed by atoms with van der Waals surface area (Å²) >= 11 is 0. The molecule has 1 aliphatic carbocycles. The lowest BCUT2D eigenvalue weighted by molar-refractivity contribution is 0.0935. The molecule has 2 aromatic carbocycles. The number of hydrogen-bond acceptors (Lipinski definition) is 4. The number of anilines is 1. The Kier molecular flexibility index (Phi) is 5.54. The Labute approximate surface area is 191 Å². The molecule has 7 heteroatoms. The average molecular weight is 444 g/mol. The molecular formula is C26H26FN5O. The van der Waals surface area contributed by atoms with Crippen LogP contribution >= 0.6 is 0 Å². The lowest BCUT2D eigenvalue weighted by Gasteiger charge is -2.20. The topological polar surface area (TPSA) is 82.7 Å². The molecule has 33 heavy (non-hydrogen) atoms. The van der Waals surface area contributed by atoms with Gasteiger partial charge in [0.2, 0.25) is 0 Å². The molecule has 0 spiro atoms. The highest BCUT2D eigenvalue weighted by atomic mass is 19.1. The van der Waals surface area contributed by atoms with Crippen molar-refractivity contribution in [1.82, 2.24) is 20.3 Å². The van der Waals surface area contributed by atoms with Crippen molar-refractivity contribution >= 4 is 22.6 Å². The van der Waals surface area contributed by atoms with Gasteiger partial charge in [0.1, 0.15) is 17.5 Å². The molecule has 1 aliphatic rings. The van der Waals surface area contributed by atoms with Crippen molar-refractivity contribution in [2.45, 2.75) is 38.1 Å². The number of benzene rings is 2. The van der Waals surface area contributed by atoms with Crippen LogP contribution in [0.4, 0.5) is 10.2 Å². The standard InChI is InChI=1S/C26H26FN5O/c1-15-7-8-17(11-20(15)27)26(33)31-22(12-18-14-29-21-6-4-3-5-19(18)21)23-13-24(28-2)32-25(30-23)16-9-10-16/h3-8,11,13-14,16,22,29H,9-10,12H2,1-2H3,(H,31,33)(H,28,30,32)/t22-/m1/s1. The van der Waals surface area contributed by atoms with Gasteiger partial charge in [0, 0.05) is 48.1 Å². The van der Waals surface area contributed by atoms with Gasteiger partial charge in [-0.2, -0.15) is 0 Å². The summed E-state index contributed by atoms with van der Waals surface area (Å²) in [6.07, 6.45) is 4.66. The third kappa shape index (κ3) is 4.44. The molecule has 0 unspecified atom stereocenters. The number of aryl methyl sites for hydroxylation is 1. The number of H-pyrrole nitrogens is 1. The molecule has 1 fully saturated rings. The number of rotatable bonds is 7. The summed E-state index contributed by atoms with van der Waals surface area (Å²) in [5.41, 5.74) is 3.64. The van der Waals surface area contributed by atoms with E-state index in [9.17, 15) is 9.18 Å². The van der Waals surface area contributed by atoms with E-state index in [-0.39, 0.29) is 11.5 Å². The third-order valence-corrected chi connectivity index (χ3v) is 6.16. The summed E-state index contributed by atoms with van der Waals surface area (Å²) in [5.74, 6) is 1.16. The van der Waals surface area contributed by atoms with Crippen molar-refractivity contribution in [3.05, 3.63) is 88.8 Å². The van der Waals surface area contributed by atoms with Crippen LogP contribution in [0.3, 0.4) is 0 Å². The number of para-hydroxylation sites is 1. The molecule has 1 saturated carbocycles. The van der Waals surface area contributed by atoms with Crippen molar-refractivity contribution in [3.63, 3.8) is 0 Å². The molecule has 0 aliphatic heterocycles. The highest BCUT2D eigenvalue weighted by Crippen LogP contribution is 2.39. The zero-order chi connectivity index (χ0) is 22.9. The van der Waals surface area contributed by atoms with E-state index in [0.29, 0.717) is 17.9 Å². The second kappa shape index (κ2) is 8.65. The van der Waals surface area contributed by atoms with Gasteiger partial charge in [0.15, 0.2) is 0 Å². The van der Waals surface area contributed by atoms with Crippen LogP contribution in [0.1, 0.15) is 57.8 Å². The Hall–Kier alpha value is -3.74. The number of carbonyl (C=O) groups excluding carboxylic acids is 1. The first kappa shape index (κ1) is 21.1. The van der Waals surface area contributed by atoms with Crippen LogP contribution in [0.5, 0.6) is 0 Å². The summed E-state index contributed by atoms with van der Waals surface area (Å²) in [7, 11) is 1.82. The maximum absolute atomic E-state index is 14.1.